The lowest BCUT2D eigenvalue weighted by Crippen LogP contribution is -1.81. The van der Waals surface area contributed by atoms with Crippen LogP contribution in [0.5, 0.6) is 0 Å². The Kier molecular flexibility index (Phi) is 23.7. The third kappa shape index (κ3) is 139. The average Bonchev–Trinajstić information content (AvgIpc) is 2.11. The maximum atomic E-state index is 8.36. The average molecular weight is 240 g/mol. The van der Waals surface area contributed by atoms with Gasteiger partial charge in [-0.2, -0.15) is 0 Å². The van der Waals surface area contributed by atoms with Gasteiger partial charge in [0.15, 0.2) is 0 Å². The van der Waals surface area contributed by atoms with Gasteiger partial charge in [-0.25, -0.2) is 0 Å². The van der Waals surface area contributed by atoms with Crippen LogP contribution in [-0.2, 0) is 0 Å². The Bertz CT molecular complexity index is 139. The van der Waals surface area contributed by atoms with E-state index in [1.54, 1.807) is 0 Å². The molecular weight excluding hydrogens is 220 g/mol. The van der Waals surface area contributed by atoms with Gasteiger partial charge in [-0.3, -0.25) is 0 Å². The normalized spacial score (nSPS) is 7.88. The number of rotatable bonds is 5. The highest BCUT2D eigenvalue weighted by Gasteiger charge is 1.83. The standard InChI is InChI=1S/C8H18.2HNO3/c1-3-5-7-8-6-4-2;2*2-1(3)4/h3-8H2,1-2H3;2*(H,2,3,4). The number of hydrogen-bond acceptors (Lipinski definition) is 4. The van der Waals surface area contributed by atoms with Gasteiger partial charge in [-0.05, 0) is 0 Å². The van der Waals surface area contributed by atoms with Crippen LogP contribution in [0, 0.1) is 20.2 Å². The fourth-order valence-electron chi connectivity index (χ4n) is 0.854. The minimum atomic E-state index is -1.50. The van der Waals surface area contributed by atoms with E-state index < -0.39 is 10.2 Å². The third-order valence-corrected chi connectivity index (χ3v) is 1.46. The Morgan fingerprint density at radius 2 is 1.00 bits per heavy atom. The molecule has 0 aliphatic rings. The van der Waals surface area contributed by atoms with Crippen LogP contribution < -0.4 is 0 Å². The molecule has 0 bridgehead atoms. The predicted molar refractivity (Wildman–Crippen MR) is 56.6 cm³/mol. The largest absolute Gasteiger partial charge is 0.328 e. The Morgan fingerprint density at radius 3 is 1.12 bits per heavy atom. The lowest BCUT2D eigenvalue weighted by atomic mass is 10.1. The summed E-state index contributed by atoms with van der Waals surface area (Å²) in [6.45, 7) is 4.51. The first-order valence-electron chi connectivity index (χ1n) is 5.04. The quantitative estimate of drug-likeness (QED) is 0.432. The summed E-state index contributed by atoms with van der Waals surface area (Å²) in [7, 11) is 0. The summed E-state index contributed by atoms with van der Waals surface area (Å²) in [5.41, 5.74) is 0. The highest BCUT2D eigenvalue weighted by molar-refractivity contribution is 4.39. The van der Waals surface area contributed by atoms with Gasteiger partial charge in [-0.15, -0.1) is 20.2 Å². The molecular formula is C8H20N2O6. The molecule has 0 aromatic carbocycles. The molecule has 98 valence electrons. The van der Waals surface area contributed by atoms with Gasteiger partial charge in [0.05, 0.1) is 0 Å². The molecule has 0 rings (SSSR count). The van der Waals surface area contributed by atoms with Gasteiger partial charge in [0.25, 0.3) is 10.2 Å². The van der Waals surface area contributed by atoms with Crippen molar-refractivity contribution in [1.82, 2.24) is 0 Å². The summed E-state index contributed by atoms with van der Waals surface area (Å²) in [6.07, 6.45) is 8.49. The molecule has 16 heavy (non-hydrogen) atoms. The molecule has 0 unspecified atom stereocenters. The Morgan fingerprint density at radius 1 is 0.812 bits per heavy atom. The van der Waals surface area contributed by atoms with Crippen LogP contribution in [0.3, 0.4) is 0 Å². The monoisotopic (exact) mass is 240 g/mol. The van der Waals surface area contributed by atoms with E-state index in [9.17, 15) is 0 Å². The van der Waals surface area contributed by atoms with Crippen molar-refractivity contribution in [3.05, 3.63) is 20.2 Å². The number of hydrogen-bond donors (Lipinski definition) is 2. The van der Waals surface area contributed by atoms with Gasteiger partial charge < -0.3 is 10.4 Å². The zero-order chi connectivity index (χ0) is 13.4. The summed E-state index contributed by atoms with van der Waals surface area (Å²) < 4.78 is 0. The second kappa shape index (κ2) is 19.0. The Labute approximate surface area is 94.1 Å². The van der Waals surface area contributed by atoms with E-state index in [1.807, 2.05) is 0 Å². The summed E-state index contributed by atoms with van der Waals surface area (Å²) in [4.78, 5) is 16.7. The van der Waals surface area contributed by atoms with Crippen molar-refractivity contribution in [2.24, 2.45) is 0 Å². The summed E-state index contributed by atoms with van der Waals surface area (Å²) in [5.74, 6) is 0. The zero-order valence-corrected chi connectivity index (χ0v) is 9.66. The first-order chi connectivity index (χ1) is 7.38. The van der Waals surface area contributed by atoms with Crippen LogP contribution in [0.1, 0.15) is 52.4 Å². The molecule has 0 aromatic rings. The maximum Gasteiger partial charge on any atom is 0.291 e. The molecule has 8 nitrogen and oxygen atoms in total. The fraction of sp³-hybridized carbons (Fsp3) is 1.00. The molecule has 0 radical (unpaired) electrons. The zero-order valence-electron chi connectivity index (χ0n) is 9.66. The first kappa shape index (κ1) is 19.9. The Hall–Kier alpha value is -1.60. The molecule has 0 heterocycles. The van der Waals surface area contributed by atoms with Crippen molar-refractivity contribution in [3.8, 4) is 0 Å². The van der Waals surface area contributed by atoms with Crippen LogP contribution in [-0.4, -0.2) is 20.6 Å². The predicted octanol–water partition coefficient (Wildman–Crippen LogP) is 2.67. The van der Waals surface area contributed by atoms with Gasteiger partial charge in [0.2, 0.25) is 0 Å². The smallest absolute Gasteiger partial charge is 0.291 e. The molecule has 0 spiro atoms. The molecule has 0 atom stereocenters. The summed E-state index contributed by atoms with van der Waals surface area (Å²) in [6, 6.07) is 0. The molecule has 0 aliphatic carbocycles. The number of unbranched alkanes of at least 4 members (excludes halogenated alkanes) is 5. The van der Waals surface area contributed by atoms with Gasteiger partial charge in [0.1, 0.15) is 0 Å². The molecule has 0 aromatic heterocycles. The number of nitrogens with zero attached hydrogens (tertiary/aromatic N) is 2. The highest BCUT2D eigenvalue weighted by atomic mass is 16.9. The first-order valence-corrected chi connectivity index (χ1v) is 5.04. The van der Waals surface area contributed by atoms with E-state index in [0.29, 0.717) is 0 Å². The van der Waals surface area contributed by atoms with Crippen LogP contribution in [0.2, 0.25) is 0 Å². The van der Waals surface area contributed by atoms with Gasteiger partial charge in [0, 0.05) is 0 Å². The molecule has 0 aliphatic heterocycles. The molecule has 0 saturated carbocycles. The van der Waals surface area contributed by atoms with E-state index in [-0.39, 0.29) is 0 Å². The molecule has 0 amide bonds. The van der Waals surface area contributed by atoms with Crippen LogP contribution >= 0.6 is 0 Å². The second-order valence-electron chi connectivity index (χ2n) is 2.89. The van der Waals surface area contributed by atoms with Crippen molar-refractivity contribution in [2.45, 2.75) is 52.4 Å². The second-order valence-corrected chi connectivity index (χ2v) is 2.89. The van der Waals surface area contributed by atoms with Gasteiger partial charge >= 0.3 is 0 Å². The minimum absolute atomic E-state index is 1.36. The van der Waals surface area contributed by atoms with Crippen LogP contribution in [0.25, 0.3) is 0 Å². The third-order valence-electron chi connectivity index (χ3n) is 1.46. The Balaban J connectivity index is -0.000000179. The van der Waals surface area contributed by atoms with E-state index in [0.717, 1.165) is 0 Å². The van der Waals surface area contributed by atoms with Crippen LogP contribution in [0.4, 0.5) is 0 Å². The van der Waals surface area contributed by atoms with Crippen molar-refractivity contribution in [1.29, 1.82) is 0 Å². The van der Waals surface area contributed by atoms with Crippen molar-refractivity contribution >= 4 is 0 Å². The molecule has 8 heteroatoms. The minimum Gasteiger partial charge on any atom is -0.328 e. The fourth-order valence-corrected chi connectivity index (χ4v) is 0.854. The molecule has 0 fully saturated rings. The lowest BCUT2D eigenvalue weighted by molar-refractivity contribution is -0.742. The van der Waals surface area contributed by atoms with Crippen molar-refractivity contribution in [3.63, 3.8) is 0 Å². The van der Waals surface area contributed by atoms with E-state index in [1.165, 1.54) is 38.5 Å². The highest BCUT2D eigenvalue weighted by Crippen LogP contribution is 2.03. The van der Waals surface area contributed by atoms with Crippen LogP contribution in [0.15, 0.2) is 0 Å². The lowest BCUT2D eigenvalue weighted by Gasteiger charge is -1.93. The molecule has 2 N–H and O–H groups in total. The van der Waals surface area contributed by atoms with Gasteiger partial charge in [-0.1, -0.05) is 52.4 Å². The SMILES string of the molecule is CCCCCCCC.O=[N+]([O-])O.O=[N+]([O-])O. The summed E-state index contributed by atoms with van der Waals surface area (Å²) >= 11 is 0. The van der Waals surface area contributed by atoms with E-state index in [4.69, 9.17) is 30.6 Å². The molecule has 0 saturated heterocycles. The summed E-state index contributed by atoms with van der Waals surface area (Å²) in [5, 5.41) is 27.3. The van der Waals surface area contributed by atoms with E-state index >= 15 is 0 Å². The van der Waals surface area contributed by atoms with Crippen molar-refractivity contribution in [2.75, 3.05) is 0 Å². The van der Waals surface area contributed by atoms with E-state index in [2.05, 4.69) is 13.8 Å². The topological polar surface area (TPSA) is 127 Å². The maximum absolute atomic E-state index is 8.36. The van der Waals surface area contributed by atoms with Crippen molar-refractivity contribution < 1.29 is 20.6 Å².